The zero-order valence-electron chi connectivity index (χ0n) is 9.67. The van der Waals surface area contributed by atoms with E-state index >= 15 is 0 Å². The van der Waals surface area contributed by atoms with E-state index in [1.165, 1.54) is 0 Å². The monoisotopic (exact) mass is 305 g/mol. The van der Waals surface area contributed by atoms with Gasteiger partial charge in [-0.25, -0.2) is 4.98 Å². The molecule has 0 atom stereocenters. The summed E-state index contributed by atoms with van der Waals surface area (Å²) in [7, 11) is 0. The summed E-state index contributed by atoms with van der Waals surface area (Å²) in [6.45, 7) is 0.299. The molecule has 0 aliphatic carbocycles. The molecule has 0 bridgehead atoms. The molecule has 0 saturated carbocycles. The Labute approximate surface area is 114 Å². The van der Waals surface area contributed by atoms with Crippen LogP contribution in [0.5, 0.6) is 0 Å². The number of nitrogens with zero attached hydrogens (tertiary/aromatic N) is 1. The van der Waals surface area contributed by atoms with E-state index in [0.717, 1.165) is 10.2 Å². The van der Waals surface area contributed by atoms with Gasteiger partial charge < -0.3 is 4.74 Å². The summed E-state index contributed by atoms with van der Waals surface area (Å²) in [4.78, 5) is 15.8. The lowest BCUT2D eigenvalue weighted by Gasteiger charge is -2.04. The first-order valence-corrected chi connectivity index (χ1v) is 6.34. The lowest BCUT2D eigenvalue weighted by atomic mass is 10.2. The molecule has 0 spiro atoms. The summed E-state index contributed by atoms with van der Waals surface area (Å²) in [6.07, 6.45) is 0.187. The number of halogens is 1. The second-order valence-corrected chi connectivity index (χ2v) is 4.59. The second kappa shape index (κ2) is 6.31. The van der Waals surface area contributed by atoms with E-state index in [2.05, 4.69) is 20.9 Å². The fourth-order valence-corrected chi connectivity index (χ4v) is 1.87. The van der Waals surface area contributed by atoms with Gasteiger partial charge in [-0.05, 0) is 33.6 Å². The van der Waals surface area contributed by atoms with Crippen molar-refractivity contribution in [2.24, 2.45) is 0 Å². The van der Waals surface area contributed by atoms with Crippen LogP contribution in [-0.4, -0.2) is 11.0 Å². The van der Waals surface area contributed by atoms with Gasteiger partial charge in [0.05, 0.1) is 12.1 Å². The number of aromatic nitrogens is 1. The number of carbonyl (C=O) groups is 1. The Kier molecular flexibility index (Phi) is 4.47. The van der Waals surface area contributed by atoms with Gasteiger partial charge in [-0.15, -0.1) is 0 Å². The van der Waals surface area contributed by atoms with Crippen molar-refractivity contribution in [2.75, 3.05) is 0 Å². The summed E-state index contributed by atoms with van der Waals surface area (Å²) >= 11 is 3.26. The fraction of sp³-hybridized carbons (Fsp3) is 0.143. The van der Waals surface area contributed by atoms with E-state index in [1.807, 2.05) is 42.5 Å². The number of esters is 1. The summed E-state index contributed by atoms with van der Waals surface area (Å²) in [6, 6.07) is 15.1. The van der Waals surface area contributed by atoms with Crippen molar-refractivity contribution in [3.63, 3.8) is 0 Å². The molecule has 0 amide bonds. The number of hydrogen-bond acceptors (Lipinski definition) is 3. The van der Waals surface area contributed by atoms with Gasteiger partial charge in [0.15, 0.2) is 0 Å². The average molecular weight is 306 g/mol. The highest BCUT2D eigenvalue weighted by Crippen LogP contribution is 2.08. The molecule has 1 aromatic carbocycles. The van der Waals surface area contributed by atoms with E-state index in [0.29, 0.717) is 12.3 Å². The minimum Gasteiger partial charge on any atom is -0.461 e. The number of hydrogen-bond donors (Lipinski definition) is 0. The number of rotatable bonds is 4. The van der Waals surface area contributed by atoms with Gasteiger partial charge in [0.2, 0.25) is 0 Å². The molecule has 18 heavy (non-hydrogen) atoms. The van der Waals surface area contributed by atoms with Gasteiger partial charge in [0, 0.05) is 0 Å². The number of ether oxygens (including phenoxy) is 1. The summed E-state index contributed by atoms with van der Waals surface area (Å²) in [5, 5.41) is 0. The maximum Gasteiger partial charge on any atom is 0.312 e. The Morgan fingerprint density at radius 3 is 2.61 bits per heavy atom. The summed E-state index contributed by atoms with van der Waals surface area (Å²) in [5.41, 5.74) is 1.68. The van der Waals surface area contributed by atoms with Crippen molar-refractivity contribution in [1.82, 2.24) is 4.98 Å². The molecular weight excluding hydrogens is 294 g/mol. The van der Waals surface area contributed by atoms with Crippen LogP contribution >= 0.6 is 15.9 Å². The summed E-state index contributed by atoms with van der Waals surface area (Å²) < 4.78 is 5.90. The fourth-order valence-electron chi connectivity index (χ4n) is 1.49. The second-order valence-electron chi connectivity index (χ2n) is 3.77. The van der Waals surface area contributed by atoms with Crippen LogP contribution in [0.25, 0.3) is 0 Å². The van der Waals surface area contributed by atoms with Crippen molar-refractivity contribution in [1.29, 1.82) is 0 Å². The van der Waals surface area contributed by atoms with Gasteiger partial charge in [0.25, 0.3) is 0 Å². The molecule has 0 radical (unpaired) electrons. The first kappa shape index (κ1) is 12.8. The Balaban J connectivity index is 1.86. The smallest absolute Gasteiger partial charge is 0.312 e. The topological polar surface area (TPSA) is 39.2 Å². The molecule has 1 aromatic heterocycles. The standard InChI is InChI=1S/C14H12BrNO2/c15-13-8-4-7-12(16-13)9-14(17)18-10-11-5-2-1-3-6-11/h1-8H,9-10H2. The highest BCUT2D eigenvalue weighted by molar-refractivity contribution is 9.10. The van der Waals surface area contributed by atoms with Gasteiger partial charge in [-0.1, -0.05) is 36.4 Å². The Hall–Kier alpha value is -1.68. The van der Waals surface area contributed by atoms with Gasteiger partial charge in [0.1, 0.15) is 11.2 Å². The molecule has 3 nitrogen and oxygen atoms in total. The molecule has 0 unspecified atom stereocenters. The van der Waals surface area contributed by atoms with Crippen molar-refractivity contribution in [3.05, 3.63) is 64.4 Å². The van der Waals surface area contributed by atoms with Crippen molar-refractivity contribution in [2.45, 2.75) is 13.0 Å². The molecule has 0 saturated heterocycles. The van der Waals surface area contributed by atoms with E-state index in [4.69, 9.17) is 4.74 Å². The summed E-state index contributed by atoms with van der Waals surface area (Å²) in [5.74, 6) is -0.274. The van der Waals surface area contributed by atoms with Crippen LogP contribution in [0.2, 0.25) is 0 Å². The Morgan fingerprint density at radius 2 is 1.89 bits per heavy atom. The molecule has 0 aliphatic heterocycles. The average Bonchev–Trinajstić information content (AvgIpc) is 2.38. The molecule has 0 fully saturated rings. The van der Waals surface area contributed by atoms with Crippen LogP contribution in [0.1, 0.15) is 11.3 Å². The molecule has 4 heteroatoms. The minimum atomic E-state index is -0.274. The van der Waals surface area contributed by atoms with Crippen LogP contribution in [0.4, 0.5) is 0 Å². The first-order chi connectivity index (χ1) is 8.74. The third-order valence-corrected chi connectivity index (χ3v) is 2.78. The van der Waals surface area contributed by atoms with Crippen LogP contribution in [0.3, 0.4) is 0 Å². The van der Waals surface area contributed by atoms with Gasteiger partial charge >= 0.3 is 5.97 Å². The Bertz CT molecular complexity index is 528. The first-order valence-electron chi connectivity index (χ1n) is 5.55. The van der Waals surface area contributed by atoms with Crippen LogP contribution in [-0.2, 0) is 22.6 Å². The normalized spacial score (nSPS) is 10.1. The van der Waals surface area contributed by atoms with E-state index < -0.39 is 0 Å². The highest BCUT2D eigenvalue weighted by atomic mass is 79.9. The number of benzene rings is 1. The lowest BCUT2D eigenvalue weighted by Crippen LogP contribution is -2.09. The maximum absolute atomic E-state index is 11.6. The maximum atomic E-state index is 11.6. The SMILES string of the molecule is O=C(Cc1cccc(Br)n1)OCc1ccccc1. The third kappa shape index (κ3) is 3.96. The van der Waals surface area contributed by atoms with Crippen LogP contribution in [0, 0.1) is 0 Å². The Morgan fingerprint density at radius 1 is 1.11 bits per heavy atom. The quantitative estimate of drug-likeness (QED) is 0.643. The van der Waals surface area contributed by atoms with E-state index in [9.17, 15) is 4.79 Å². The van der Waals surface area contributed by atoms with Gasteiger partial charge in [-0.3, -0.25) is 4.79 Å². The molecule has 92 valence electrons. The highest BCUT2D eigenvalue weighted by Gasteiger charge is 2.06. The van der Waals surface area contributed by atoms with E-state index in [-0.39, 0.29) is 12.4 Å². The van der Waals surface area contributed by atoms with Crippen molar-refractivity contribution < 1.29 is 9.53 Å². The zero-order valence-corrected chi connectivity index (χ0v) is 11.3. The molecule has 1 heterocycles. The number of carbonyl (C=O) groups excluding carboxylic acids is 1. The predicted octanol–water partition coefficient (Wildman–Crippen LogP) is 3.13. The predicted molar refractivity (Wildman–Crippen MR) is 71.9 cm³/mol. The molecule has 2 aromatic rings. The minimum absolute atomic E-state index is 0.187. The van der Waals surface area contributed by atoms with Crippen LogP contribution < -0.4 is 0 Å². The van der Waals surface area contributed by atoms with Gasteiger partial charge in [-0.2, -0.15) is 0 Å². The molecule has 2 rings (SSSR count). The van der Waals surface area contributed by atoms with Crippen LogP contribution in [0.15, 0.2) is 53.1 Å². The zero-order chi connectivity index (χ0) is 12.8. The third-order valence-electron chi connectivity index (χ3n) is 2.34. The van der Waals surface area contributed by atoms with Crippen molar-refractivity contribution in [3.8, 4) is 0 Å². The largest absolute Gasteiger partial charge is 0.461 e. The number of pyridine rings is 1. The molecular formula is C14H12BrNO2. The lowest BCUT2D eigenvalue weighted by molar-refractivity contribution is -0.144. The van der Waals surface area contributed by atoms with E-state index in [1.54, 1.807) is 6.07 Å². The van der Waals surface area contributed by atoms with Crippen molar-refractivity contribution >= 4 is 21.9 Å². The molecule has 0 aliphatic rings. The molecule has 0 N–H and O–H groups in total.